The predicted octanol–water partition coefficient (Wildman–Crippen LogP) is 6.85. The molecule has 5 rings (SSSR count). The molecule has 0 saturated carbocycles. The predicted molar refractivity (Wildman–Crippen MR) is 145 cm³/mol. The molecule has 1 aromatic heterocycles. The van der Waals surface area contributed by atoms with E-state index in [-0.39, 0.29) is 11.0 Å². The molecule has 178 valence electrons. The van der Waals surface area contributed by atoms with E-state index in [9.17, 15) is 4.79 Å². The molecule has 0 fully saturated rings. The standard InChI is InChI=1S/C28H20ClN3O3S/c29-21-8-4-7-20(15-21)27-31-24-16-22(11-14-25(24)35-27)30-28(36)32-26(33)19-9-12-23(13-10-19)34-17-18-5-2-1-3-6-18/h1-16H,17H2,(H2,30,32,33,36). The summed E-state index contributed by atoms with van der Waals surface area (Å²) in [7, 11) is 0. The highest BCUT2D eigenvalue weighted by Gasteiger charge is 2.12. The molecule has 2 N–H and O–H groups in total. The summed E-state index contributed by atoms with van der Waals surface area (Å²) in [6.07, 6.45) is 0. The van der Waals surface area contributed by atoms with Gasteiger partial charge in [0.25, 0.3) is 5.91 Å². The topological polar surface area (TPSA) is 76.4 Å². The van der Waals surface area contributed by atoms with E-state index >= 15 is 0 Å². The number of hydrogen-bond acceptors (Lipinski definition) is 5. The number of oxazole rings is 1. The van der Waals surface area contributed by atoms with Crippen molar-refractivity contribution in [2.45, 2.75) is 6.61 Å². The van der Waals surface area contributed by atoms with Crippen LogP contribution in [-0.2, 0) is 6.61 Å². The van der Waals surface area contributed by atoms with Crippen LogP contribution in [0.1, 0.15) is 15.9 Å². The maximum absolute atomic E-state index is 12.6. The van der Waals surface area contributed by atoms with Crippen molar-refractivity contribution in [2.75, 3.05) is 5.32 Å². The van der Waals surface area contributed by atoms with Gasteiger partial charge in [0.15, 0.2) is 10.7 Å². The summed E-state index contributed by atoms with van der Waals surface area (Å²) in [6, 6.07) is 29.4. The molecule has 0 spiro atoms. The molecular weight excluding hydrogens is 494 g/mol. The van der Waals surface area contributed by atoms with Gasteiger partial charge in [0.1, 0.15) is 17.9 Å². The van der Waals surface area contributed by atoms with Crippen molar-refractivity contribution in [1.82, 2.24) is 10.3 Å². The number of aromatic nitrogens is 1. The number of halogens is 1. The quantitative estimate of drug-likeness (QED) is 0.242. The first-order chi connectivity index (χ1) is 17.5. The fraction of sp³-hybridized carbons (Fsp3) is 0.0357. The molecule has 0 atom stereocenters. The third-order valence-electron chi connectivity index (χ3n) is 5.31. The van der Waals surface area contributed by atoms with Crippen molar-refractivity contribution in [1.29, 1.82) is 0 Å². The average Bonchev–Trinajstić information content (AvgIpc) is 3.32. The minimum Gasteiger partial charge on any atom is -0.489 e. The zero-order valence-corrected chi connectivity index (χ0v) is 20.5. The highest BCUT2D eigenvalue weighted by Crippen LogP contribution is 2.27. The van der Waals surface area contributed by atoms with Gasteiger partial charge in [0.2, 0.25) is 5.89 Å². The highest BCUT2D eigenvalue weighted by molar-refractivity contribution is 7.80. The summed E-state index contributed by atoms with van der Waals surface area (Å²) < 4.78 is 11.6. The van der Waals surface area contributed by atoms with E-state index in [0.29, 0.717) is 45.6 Å². The summed E-state index contributed by atoms with van der Waals surface area (Å²) in [5, 5.41) is 6.48. The number of nitrogens with one attached hydrogen (secondary N) is 2. The monoisotopic (exact) mass is 513 g/mol. The van der Waals surface area contributed by atoms with Crippen molar-refractivity contribution in [2.24, 2.45) is 0 Å². The number of nitrogens with zero attached hydrogens (tertiary/aromatic N) is 1. The third kappa shape index (κ3) is 5.71. The Labute approximate surface area is 217 Å². The van der Waals surface area contributed by atoms with Crippen LogP contribution in [0.2, 0.25) is 5.02 Å². The van der Waals surface area contributed by atoms with Crippen LogP contribution in [0.5, 0.6) is 5.75 Å². The molecule has 0 bridgehead atoms. The van der Waals surface area contributed by atoms with E-state index < -0.39 is 0 Å². The Bertz CT molecular complexity index is 1540. The molecule has 0 aliphatic heterocycles. The van der Waals surface area contributed by atoms with Crippen LogP contribution < -0.4 is 15.4 Å². The number of rotatable bonds is 6. The summed E-state index contributed by atoms with van der Waals surface area (Å²) in [5.74, 6) is 0.818. The second kappa shape index (κ2) is 10.6. The lowest BCUT2D eigenvalue weighted by atomic mass is 10.2. The Kier molecular flexibility index (Phi) is 6.93. The Hall–Kier alpha value is -4.20. The van der Waals surface area contributed by atoms with Crippen LogP contribution in [0.25, 0.3) is 22.6 Å². The number of fused-ring (bicyclic) bond motifs is 1. The van der Waals surface area contributed by atoms with Crippen LogP contribution >= 0.6 is 23.8 Å². The maximum atomic E-state index is 12.6. The molecule has 8 heteroatoms. The van der Waals surface area contributed by atoms with Crippen molar-refractivity contribution in [3.8, 4) is 17.2 Å². The van der Waals surface area contributed by atoms with Crippen molar-refractivity contribution >= 4 is 51.6 Å². The Morgan fingerprint density at radius 3 is 2.53 bits per heavy atom. The van der Waals surface area contributed by atoms with Crippen LogP contribution in [0.15, 0.2) is 101 Å². The number of ether oxygens (including phenoxy) is 1. The molecule has 1 heterocycles. The summed E-state index contributed by atoms with van der Waals surface area (Å²) in [4.78, 5) is 17.2. The fourth-order valence-electron chi connectivity index (χ4n) is 3.53. The number of anilines is 1. The number of hydrogen-bond donors (Lipinski definition) is 2. The molecule has 0 saturated heterocycles. The van der Waals surface area contributed by atoms with Crippen molar-refractivity contribution < 1.29 is 13.9 Å². The summed E-state index contributed by atoms with van der Waals surface area (Å²) in [6.45, 7) is 0.455. The largest absolute Gasteiger partial charge is 0.489 e. The molecule has 36 heavy (non-hydrogen) atoms. The van der Waals surface area contributed by atoms with Crippen LogP contribution in [0.4, 0.5) is 5.69 Å². The van der Waals surface area contributed by atoms with Gasteiger partial charge in [-0.2, -0.15) is 0 Å². The second-order valence-electron chi connectivity index (χ2n) is 7.92. The van der Waals surface area contributed by atoms with Gasteiger partial charge >= 0.3 is 0 Å². The minimum atomic E-state index is -0.326. The third-order valence-corrected chi connectivity index (χ3v) is 5.75. The van der Waals surface area contributed by atoms with Crippen LogP contribution in [0.3, 0.4) is 0 Å². The van der Waals surface area contributed by atoms with Gasteiger partial charge in [0.05, 0.1) is 0 Å². The smallest absolute Gasteiger partial charge is 0.257 e. The molecule has 4 aromatic carbocycles. The molecule has 0 aliphatic carbocycles. The minimum absolute atomic E-state index is 0.169. The molecule has 0 radical (unpaired) electrons. The average molecular weight is 514 g/mol. The van der Waals surface area contributed by atoms with Crippen LogP contribution in [0, 0.1) is 0 Å². The Morgan fingerprint density at radius 1 is 0.944 bits per heavy atom. The van der Waals surface area contributed by atoms with Gasteiger partial charge in [-0.05, 0) is 78.4 Å². The number of carbonyl (C=O) groups excluding carboxylic acids is 1. The van der Waals surface area contributed by atoms with E-state index in [2.05, 4.69) is 15.6 Å². The number of thiocarbonyl (C=S) groups is 1. The summed E-state index contributed by atoms with van der Waals surface area (Å²) >= 11 is 11.4. The van der Waals surface area contributed by atoms with E-state index in [4.69, 9.17) is 33.0 Å². The Morgan fingerprint density at radius 2 is 1.75 bits per heavy atom. The zero-order valence-electron chi connectivity index (χ0n) is 18.9. The molecule has 1 amide bonds. The number of carbonyl (C=O) groups is 1. The van der Waals surface area contributed by atoms with Crippen molar-refractivity contribution in [3.63, 3.8) is 0 Å². The fourth-order valence-corrected chi connectivity index (χ4v) is 3.93. The van der Waals surface area contributed by atoms with Gasteiger partial charge in [-0.3, -0.25) is 10.1 Å². The van der Waals surface area contributed by atoms with Gasteiger partial charge in [-0.1, -0.05) is 48.0 Å². The Balaban J connectivity index is 1.19. The number of amides is 1. The van der Waals surface area contributed by atoms with Gasteiger partial charge < -0.3 is 14.5 Å². The maximum Gasteiger partial charge on any atom is 0.257 e. The van der Waals surface area contributed by atoms with Crippen LogP contribution in [-0.4, -0.2) is 16.0 Å². The first-order valence-electron chi connectivity index (χ1n) is 11.1. The molecule has 5 aromatic rings. The lowest BCUT2D eigenvalue weighted by Crippen LogP contribution is -2.34. The lowest BCUT2D eigenvalue weighted by Gasteiger charge is -2.10. The first-order valence-corrected chi connectivity index (χ1v) is 11.9. The van der Waals surface area contributed by atoms with E-state index in [0.717, 1.165) is 11.1 Å². The van der Waals surface area contributed by atoms with E-state index in [1.807, 2.05) is 42.5 Å². The molecule has 0 aliphatic rings. The second-order valence-corrected chi connectivity index (χ2v) is 8.76. The SMILES string of the molecule is O=C(NC(=S)Nc1ccc2oc(-c3cccc(Cl)c3)nc2c1)c1ccc(OCc2ccccc2)cc1. The number of benzene rings is 4. The van der Waals surface area contributed by atoms with Gasteiger partial charge in [-0.25, -0.2) is 4.98 Å². The normalized spacial score (nSPS) is 10.7. The van der Waals surface area contributed by atoms with Crippen molar-refractivity contribution in [3.05, 3.63) is 113 Å². The van der Waals surface area contributed by atoms with Gasteiger partial charge in [0, 0.05) is 21.8 Å². The zero-order chi connectivity index (χ0) is 24.9. The molecule has 0 unspecified atom stereocenters. The van der Waals surface area contributed by atoms with E-state index in [1.54, 1.807) is 54.6 Å². The molecular formula is C28H20ClN3O3S. The lowest BCUT2D eigenvalue weighted by molar-refractivity contribution is 0.0977. The van der Waals surface area contributed by atoms with E-state index in [1.165, 1.54) is 0 Å². The molecule has 6 nitrogen and oxygen atoms in total. The highest BCUT2D eigenvalue weighted by atomic mass is 35.5. The first kappa shape index (κ1) is 23.5. The van der Waals surface area contributed by atoms with Gasteiger partial charge in [-0.15, -0.1) is 0 Å². The summed E-state index contributed by atoms with van der Waals surface area (Å²) in [5.41, 5.74) is 4.26.